The number of nitrogens with zero attached hydrogens (tertiary/aromatic N) is 3. The van der Waals surface area contributed by atoms with E-state index in [2.05, 4.69) is 4.98 Å². The van der Waals surface area contributed by atoms with E-state index in [1.165, 1.54) is 20.3 Å². The summed E-state index contributed by atoms with van der Waals surface area (Å²) in [5.41, 5.74) is -2.79. The van der Waals surface area contributed by atoms with Crippen LogP contribution in [0.3, 0.4) is 0 Å². The molecule has 0 bridgehead atoms. The third-order valence-corrected chi connectivity index (χ3v) is 4.23. The Morgan fingerprint density at radius 2 is 2.00 bits per heavy atom. The van der Waals surface area contributed by atoms with Crippen LogP contribution in [0.1, 0.15) is 17.8 Å². The van der Waals surface area contributed by atoms with Crippen molar-refractivity contribution in [3.8, 4) is 0 Å². The molecule has 2 rings (SSSR count). The number of benzene rings is 1. The van der Waals surface area contributed by atoms with Crippen LogP contribution in [0.25, 0.3) is 0 Å². The Morgan fingerprint density at radius 1 is 1.36 bits per heavy atom. The monoisotopic (exact) mass is 375 g/mol. The summed E-state index contributed by atoms with van der Waals surface area (Å²) in [5.74, 6) is -1.53. The molecule has 1 atom stereocenters. The van der Waals surface area contributed by atoms with Crippen molar-refractivity contribution in [3.05, 3.63) is 53.1 Å². The molecule has 1 unspecified atom stereocenters. The molecule has 0 radical (unpaired) electrons. The second-order valence-corrected chi connectivity index (χ2v) is 6.14. The Hall–Kier alpha value is -2.06. The zero-order valence-corrected chi connectivity index (χ0v) is 14.3. The van der Waals surface area contributed by atoms with Crippen molar-refractivity contribution >= 4 is 17.5 Å². The first kappa shape index (κ1) is 19.3. The van der Waals surface area contributed by atoms with Gasteiger partial charge in [0.05, 0.1) is 6.42 Å². The summed E-state index contributed by atoms with van der Waals surface area (Å²) >= 11 is 6.00. The summed E-state index contributed by atoms with van der Waals surface area (Å²) in [6, 6.07) is 6.70. The highest BCUT2D eigenvalue weighted by molar-refractivity contribution is 6.31. The predicted molar refractivity (Wildman–Crippen MR) is 85.7 cm³/mol. The van der Waals surface area contributed by atoms with Gasteiger partial charge in [0.2, 0.25) is 11.5 Å². The van der Waals surface area contributed by atoms with Crippen molar-refractivity contribution in [2.45, 2.75) is 24.7 Å². The molecular weight excluding hydrogens is 359 g/mol. The zero-order chi connectivity index (χ0) is 18.8. The van der Waals surface area contributed by atoms with Gasteiger partial charge in [-0.3, -0.25) is 4.79 Å². The van der Waals surface area contributed by atoms with Gasteiger partial charge >= 0.3 is 6.18 Å². The molecule has 1 amide bonds. The summed E-state index contributed by atoms with van der Waals surface area (Å²) in [4.78, 5) is 17.0. The van der Waals surface area contributed by atoms with Crippen molar-refractivity contribution in [2.24, 2.45) is 7.05 Å². The van der Waals surface area contributed by atoms with Crippen LogP contribution in [0.15, 0.2) is 36.7 Å². The van der Waals surface area contributed by atoms with E-state index >= 15 is 0 Å². The molecule has 25 heavy (non-hydrogen) atoms. The third-order valence-electron chi connectivity index (χ3n) is 3.86. The van der Waals surface area contributed by atoms with Crippen LogP contribution in [0.5, 0.6) is 0 Å². The fourth-order valence-corrected chi connectivity index (χ4v) is 2.59. The van der Waals surface area contributed by atoms with E-state index in [1.807, 2.05) is 0 Å². The highest BCUT2D eigenvalue weighted by Gasteiger charge is 2.58. The third kappa shape index (κ3) is 3.96. The maximum absolute atomic E-state index is 13.5. The minimum Gasteiger partial charge on any atom is -0.374 e. The quantitative estimate of drug-likeness (QED) is 0.874. The molecule has 136 valence electrons. The molecule has 0 saturated heterocycles. The van der Waals surface area contributed by atoms with Gasteiger partial charge in [0, 0.05) is 38.1 Å². The van der Waals surface area contributed by atoms with Gasteiger partial charge in [-0.25, -0.2) is 4.98 Å². The Bertz CT molecular complexity index is 763. The van der Waals surface area contributed by atoms with Crippen LogP contribution in [-0.4, -0.2) is 38.7 Å². The highest BCUT2D eigenvalue weighted by Crippen LogP contribution is 2.41. The molecule has 1 N–H and O–H groups in total. The number of hydrogen-bond acceptors (Lipinski definition) is 3. The van der Waals surface area contributed by atoms with Crippen molar-refractivity contribution in [1.29, 1.82) is 0 Å². The lowest BCUT2D eigenvalue weighted by atomic mass is 9.96. The van der Waals surface area contributed by atoms with Gasteiger partial charge in [0.15, 0.2) is 5.82 Å². The maximum Gasteiger partial charge on any atom is 0.425 e. The zero-order valence-electron chi connectivity index (χ0n) is 13.6. The van der Waals surface area contributed by atoms with Gasteiger partial charge in [-0.05, 0) is 11.6 Å². The fourth-order valence-electron chi connectivity index (χ4n) is 2.39. The van der Waals surface area contributed by atoms with E-state index in [0.29, 0.717) is 10.6 Å². The summed E-state index contributed by atoms with van der Waals surface area (Å²) in [7, 11) is 2.66. The van der Waals surface area contributed by atoms with Gasteiger partial charge in [-0.2, -0.15) is 13.2 Å². The first-order valence-corrected chi connectivity index (χ1v) is 7.68. The molecule has 9 heteroatoms. The highest BCUT2D eigenvalue weighted by atomic mass is 35.5. The molecule has 0 spiro atoms. The molecule has 1 heterocycles. The Labute approximate surface area is 147 Å². The lowest BCUT2D eigenvalue weighted by Crippen LogP contribution is -2.48. The Kier molecular flexibility index (Phi) is 5.43. The number of hydrogen-bond donors (Lipinski definition) is 1. The minimum atomic E-state index is -5.06. The topological polar surface area (TPSA) is 58.4 Å². The first-order chi connectivity index (χ1) is 11.6. The molecule has 0 aliphatic heterocycles. The van der Waals surface area contributed by atoms with Gasteiger partial charge in [0.1, 0.15) is 0 Å². The Morgan fingerprint density at radius 3 is 2.52 bits per heavy atom. The maximum atomic E-state index is 13.5. The SMILES string of the molecule is CN(Cc1ccccc1Cl)C(=O)CC(O)(c1nccn1C)C(F)(F)F. The largest absolute Gasteiger partial charge is 0.425 e. The number of amides is 1. The van der Waals surface area contributed by atoms with Crippen LogP contribution < -0.4 is 0 Å². The molecule has 2 aromatic rings. The average Bonchev–Trinajstić information content (AvgIpc) is 2.94. The van der Waals surface area contributed by atoms with Crippen LogP contribution in [-0.2, 0) is 24.0 Å². The van der Waals surface area contributed by atoms with Gasteiger partial charge in [-0.1, -0.05) is 29.8 Å². The number of aryl methyl sites for hydroxylation is 1. The van der Waals surface area contributed by atoms with E-state index in [-0.39, 0.29) is 6.54 Å². The van der Waals surface area contributed by atoms with Crippen molar-refractivity contribution < 1.29 is 23.1 Å². The molecule has 1 aromatic carbocycles. The number of aromatic nitrogens is 2. The summed E-state index contributed by atoms with van der Waals surface area (Å²) < 4.78 is 41.4. The van der Waals surface area contributed by atoms with E-state index in [1.54, 1.807) is 24.3 Å². The van der Waals surface area contributed by atoms with Crippen molar-refractivity contribution in [2.75, 3.05) is 7.05 Å². The van der Waals surface area contributed by atoms with Gasteiger partial charge in [-0.15, -0.1) is 0 Å². The number of carbonyl (C=O) groups is 1. The Balaban J connectivity index is 2.23. The van der Waals surface area contributed by atoms with Gasteiger partial charge in [0.25, 0.3) is 0 Å². The fraction of sp³-hybridized carbons (Fsp3) is 0.375. The second kappa shape index (κ2) is 7.05. The van der Waals surface area contributed by atoms with Crippen LogP contribution >= 0.6 is 11.6 Å². The summed E-state index contributed by atoms with van der Waals surface area (Å²) in [6.07, 6.45) is -3.84. The smallest absolute Gasteiger partial charge is 0.374 e. The molecule has 1 aromatic heterocycles. The number of alkyl halides is 3. The number of halogens is 4. The normalized spacial score (nSPS) is 14.2. The second-order valence-electron chi connectivity index (χ2n) is 5.74. The summed E-state index contributed by atoms with van der Waals surface area (Å²) in [5, 5.41) is 10.6. The molecule has 0 saturated carbocycles. The van der Waals surface area contributed by atoms with Crippen LogP contribution in [0, 0.1) is 0 Å². The van der Waals surface area contributed by atoms with E-state index in [9.17, 15) is 23.1 Å². The summed E-state index contributed by atoms with van der Waals surface area (Å²) in [6.45, 7) is 0.0208. The van der Waals surface area contributed by atoms with E-state index in [4.69, 9.17) is 11.6 Å². The lowest BCUT2D eigenvalue weighted by molar-refractivity contribution is -0.271. The molecule has 0 aliphatic carbocycles. The van der Waals surface area contributed by atoms with Gasteiger partial charge < -0.3 is 14.6 Å². The standard InChI is InChI=1S/C16H17ClF3N3O2/c1-22-8-7-21-14(22)15(25,16(18,19)20)9-13(24)23(2)10-11-5-3-4-6-12(11)17/h3-8,25H,9-10H2,1-2H3. The van der Waals surface area contributed by atoms with E-state index in [0.717, 1.165) is 15.7 Å². The predicted octanol–water partition coefficient (Wildman–Crippen LogP) is 2.87. The molecule has 5 nitrogen and oxygen atoms in total. The number of aliphatic hydroxyl groups is 1. The average molecular weight is 376 g/mol. The molecular formula is C16H17ClF3N3O2. The van der Waals surface area contributed by atoms with E-state index < -0.39 is 29.9 Å². The minimum absolute atomic E-state index is 0.0208. The molecule has 0 aliphatic rings. The first-order valence-electron chi connectivity index (χ1n) is 7.30. The van der Waals surface area contributed by atoms with Crippen LogP contribution in [0.4, 0.5) is 13.2 Å². The number of imidazole rings is 1. The lowest BCUT2D eigenvalue weighted by Gasteiger charge is -2.31. The van der Waals surface area contributed by atoms with Crippen molar-refractivity contribution in [1.82, 2.24) is 14.5 Å². The molecule has 0 fully saturated rings. The van der Waals surface area contributed by atoms with Crippen molar-refractivity contribution in [3.63, 3.8) is 0 Å². The van der Waals surface area contributed by atoms with Crippen LogP contribution in [0.2, 0.25) is 5.02 Å². The number of carbonyl (C=O) groups excluding carboxylic acids is 1. The number of rotatable bonds is 5.